The van der Waals surface area contributed by atoms with Crippen molar-refractivity contribution in [2.24, 2.45) is 0 Å². The molecule has 1 fully saturated rings. The third kappa shape index (κ3) is 3.54. The molecule has 1 amide bonds. The average Bonchev–Trinajstić information content (AvgIpc) is 3.16. The summed E-state index contributed by atoms with van der Waals surface area (Å²) < 4.78 is 2.07. The van der Waals surface area contributed by atoms with Gasteiger partial charge in [-0.3, -0.25) is 4.79 Å². The third-order valence-corrected chi connectivity index (χ3v) is 4.34. The lowest BCUT2D eigenvalue weighted by Gasteiger charge is -2.34. The summed E-state index contributed by atoms with van der Waals surface area (Å²) >= 11 is 0. The number of nitriles is 1. The molecule has 0 bridgehead atoms. The summed E-state index contributed by atoms with van der Waals surface area (Å²) in [6, 6.07) is 5.80. The van der Waals surface area contributed by atoms with Crippen LogP contribution < -0.4 is 4.90 Å². The first-order valence-electron chi connectivity index (χ1n) is 8.00. The van der Waals surface area contributed by atoms with Crippen LogP contribution in [0.2, 0.25) is 0 Å². The molecule has 3 rings (SSSR count). The maximum atomic E-state index is 12.6. The number of amides is 1. The first kappa shape index (κ1) is 16.0. The Morgan fingerprint density at radius 3 is 3.04 bits per heavy atom. The van der Waals surface area contributed by atoms with Gasteiger partial charge >= 0.3 is 0 Å². The first-order valence-corrected chi connectivity index (χ1v) is 8.00. The molecule has 2 aromatic rings. The van der Waals surface area contributed by atoms with Crippen molar-refractivity contribution < 1.29 is 4.79 Å². The minimum atomic E-state index is 0.0912. The molecule has 0 aromatic carbocycles. The highest BCUT2D eigenvalue weighted by Gasteiger charge is 2.25. The summed E-state index contributed by atoms with van der Waals surface area (Å²) in [5.41, 5.74) is 0.512. The Kier molecular flexibility index (Phi) is 4.75. The molecule has 1 aliphatic heterocycles. The molecule has 124 valence electrons. The molecule has 0 unspecified atom stereocenters. The number of pyridine rings is 1. The van der Waals surface area contributed by atoms with E-state index in [4.69, 9.17) is 5.26 Å². The monoisotopic (exact) mass is 324 g/mol. The second-order valence-corrected chi connectivity index (χ2v) is 6.02. The summed E-state index contributed by atoms with van der Waals surface area (Å²) in [6.45, 7) is 1.78. The molecule has 7 heteroatoms. The number of rotatable bonds is 4. The van der Waals surface area contributed by atoms with Gasteiger partial charge in [-0.1, -0.05) is 0 Å². The summed E-state index contributed by atoms with van der Waals surface area (Å²) in [5, 5.41) is 8.82. The van der Waals surface area contributed by atoms with Crippen molar-refractivity contribution in [1.82, 2.24) is 19.4 Å². The highest BCUT2D eigenvalue weighted by atomic mass is 16.2. The van der Waals surface area contributed by atoms with Gasteiger partial charge in [0.15, 0.2) is 0 Å². The lowest BCUT2D eigenvalue weighted by atomic mass is 10.1. The van der Waals surface area contributed by atoms with Crippen LogP contribution in [0.4, 0.5) is 5.82 Å². The first-order chi connectivity index (χ1) is 11.7. The Labute approximate surface area is 141 Å². The lowest BCUT2D eigenvalue weighted by molar-refractivity contribution is -0.131. The smallest absolute Gasteiger partial charge is 0.242 e. The summed E-state index contributed by atoms with van der Waals surface area (Å²) in [6.07, 6.45) is 9.11. The van der Waals surface area contributed by atoms with Gasteiger partial charge in [-0.15, -0.1) is 0 Å². The Morgan fingerprint density at radius 2 is 2.38 bits per heavy atom. The van der Waals surface area contributed by atoms with Gasteiger partial charge in [0.05, 0.1) is 24.5 Å². The molecule has 3 heterocycles. The Morgan fingerprint density at radius 1 is 1.50 bits per heavy atom. The van der Waals surface area contributed by atoms with Crippen LogP contribution in [0.5, 0.6) is 0 Å². The molecule has 1 atom stereocenters. The molecule has 24 heavy (non-hydrogen) atoms. The fourth-order valence-corrected chi connectivity index (χ4v) is 2.97. The molecule has 0 radical (unpaired) electrons. The van der Waals surface area contributed by atoms with Gasteiger partial charge in [0, 0.05) is 38.7 Å². The van der Waals surface area contributed by atoms with Gasteiger partial charge in [0.1, 0.15) is 11.9 Å². The second kappa shape index (κ2) is 7.13. The van der Waals surface area contributed by atoms with E-state index in [0.29, 0.717) is 24.0 Å². The van der Waals surface area contributed by atoms with Crippen LogP contribution in [0, 0.1) is 11.3 Å². The van der Waals surface area contributed by atoms with E-state index < -0.39 is 0 Å². The third-order valence-electron chi connectivity index (χ3n) is 4.34. The van der Waals surface area contributed by atoms with Gasteiger partial charge in [0.25, 0.3) is 0 Å². The largest absolute Gasteiger partial charge is 0.350 e. The molecule has 7 nitrogen and oxygen atoms in total. The van der Waals surface area contributed by atoms with E-state index >= 15 is 0 Å². The van der Waals surface area contributed by atoms with Crippen molar-refractivity contribution in [3.63, 3.8) is 0 Å². The summed E-state index contributed by atoms with van der Waals surface area (Å²) in [5.74, 6) is 0.777. The minimum absolute atomic E-state index is 0.0912. The van der Waals surface area contributed by atoms with Crippen molar-refractivity contribution in [3.05, 3.63) is 42.6 Å². The van der Waals surface area contributed by atoms with Crippen molar-refractivity contribution in [3.8, 4) is 6.07 Å². The van der Waals surface area contributed by atoms with Crippen molar-refractivity contribution in [1.29, 1.82) is 5.26 Å². The molecule has 0 aliphatic carbocycles. The topological polar surface area (TPSA) is 78.0 Å². The number of likely N-dealkylation sites (N-methyl/N-ethyl adjacent to an activating group) is 1. The normalized spacial score (nSPS) is 17.3. The zero-order valence-corrected chi connectivity index (χ0v) is 13.7. The van der Waals surface area contributed by atoms with E-state index in [2.05, 4.69) is 14.5 Å². The van der Waals surface area contributed by atoms with Gasteiger partial charge in [-0.05, 0) is 25.0 Å². The number of piperidine rings is 1. The van der Waals surface area contributed by atoms with Crippen LogP contribution in [0.25, 0.3) is 0 Å². The Balaban J connectivity index is 1.60. The maximum absolute atomic E-state index is 12.6. The zero-order valence-electron chi connectivity index (χ0n) is 13.7. The van der Waals surface area contributed by atoms with Crippen LogP contribution in [0.15, 0.2) is 37.1 Å². The number of imidazole rings is 1. The molecule has 0 saturated carbocycles. The molecule has 0 N–H and O–H groups in total. The van der Waals surface area contributed by atoms with Crippen LogP contribution in [0.3, 0.4) is 0 Å². The van der Waals surface area contributed by atoms with E-state index in [1.165, 1.54) is 6.20 Å². The molecule has 0 spiro atoms. The maximum Gasteiger partial charge on any atom is 0.242 e. The predicted molar refractivity (Wildman–Crippen MR) is 89.3 cm³/mol. The number of nitrogens with zero attached hydrogens (tertiary/aromatic N) is 6. The molecule has 1 aliphatic rings. The Bertz CT molecular complexity index is 719. The summed E-state index contributed by atoms with van der Waals surface area (Å²) in [7, 11) is 1.84. The average molecular weight is 324 g/mol. The number of carbonyl (C=O) groups excluding carboxylic acids is 1. The van der Waals surface area contributed by atoms with Gasteiger partial charge < -0.3 is 14.4 Å². The number of carbonyl (C=O) groups is 1. The lowest BCUT2D eigenvalue weighted by Crippen LogP contribution is -2.45. The SMILES string of the molecule is CN(CC(=O)N1CCC[C@H](n2ccnc2)C1)c1ccc(C#N)cn1. The number of anilines is 1. The molecule has 2 aromatic heterocycles. The standard InChI is InChI=1S/C17H20N6O/c1-21(16-5-4-14(9-18)10-20-16)12-17(24)22-7-2-3-15(11-22)23-8-6-19-13-23/h4-6,8,10,13,15H,2-3,7,11-12H2,1H3/t15-/m0/s1. The predicted octanol–water partition coefficient (Wildman–Crippen LogP) is 1.45. The van der Waals surface area contributed by atoms with Gasteiger partial charge in [-0.25, -0.2) is 9.97 Å². The quantitative estimate of drug-likeness (QED) is 0.850. The number of hydrogen-bond acceptors (Lipinski definition) is 5. The van der Waals surface area contributed by atoms with Crippen LogP contribution in [-0.2, 0) is 4.79 Å². The fraction of sp³-hybridized carbons (Fsp3) is 0.412. The summed E-state index contributed by atoms with van der Waals surface area (Å²) in [4.78, 5) is 24.6. The van der Waals surface area contributed by atoms with Crippen LogP contribution in [-0.4, -0.2) is 52.0 Å². The van der Waals surface area contributed by atoms with E-state index in [0.717, 1.165) is 19.4 Å². The highest BCUT2D eigenvalue weighted by molar-refractivity contribution is 5.81. The van der Waals surface area contributed by atoms with E-state index in [9.17, 15) is 4.79 Å². The Hall–Kier alpha value is -2.88. The highest BCUT2D eigenvalue weighted by Crippen LogP contribution is 2.21. The van der Waals surface area contributed by atoms with Crippen molar-refractivity contribution >= 4 is 11.7 Å². The minimum Gasteiger partial charge on any atom is -0.350 e. The molecular formula is C17H20N6O. The number of likely N-dealkylation sites (tertiary alicyclic amines) is 1. The van der Waals surface area contributed by atoms with Gasteiger partial charge in [-0.2, -0.15) is 5.26 Å². The van der Waals surface area contributed by atoms with Gasteiger partial charge in [0.2, 0.25) is 5.91 Å². The van der Waals surface area contributed by atoms with E-state index in [-0.39, 0.29) is 12.5 Å². The fourth-order valence-electron chi connectivity index (χ4n) is 2.97. The second-order valence-electron chi connectivity index (χ2n) is 6.02. The van der Waals surface area contributed by atoms with Crippen LogP contribution in [0.1, 0.15) is 24.4 Å². The van der Waals surface area contributed by atoms with Crippen molar-refractivity contribution in [2.45, 2.75) is 18.9 Å². The van der Waals surface area contributed by atoms with Crippen molar-refractivity contribution in [2.75, 3.05) is 31.6 Å². The molecule has 1 saturated heterocycles. The number of hydrogen-bond donors (Lipinski definition) is 0. The molecular weight excluding hydrogens is 304 g/mol. The van der Waals surface area contributed by atoms with E-state index in [1.54, 1.807) is 18.3 Å². The van der Waals surface area contributed by atoms with Crippen LogP contribution >= 0.6 is 0 Å². The van der Waals surface area contributed by atoms with E-state index in [1.807, 2.05) is 35.4 Å². The number of aromatic nitrogens is 3. The zero-order chi connectivity index (χ0) is 16.9.